The summed E-state index contributed by atoms with van der Waals surface area (Å²) < 4.78 is 5.95. The first-order chi connectivity index (χ1) is 14.6. The summed E-state index contributed by atoms with van der Waals surface area (Å²) in [6.07, 6.45) is 1.97. The molecule has 4 rings (SSSR count). The van der Waals surface area contributed by atoms with E-state index in [2.05, 4.69) is 21.8 Å². The minimum Gasteiger partial charge on any atom is -0.439 e. The number of carbonyl (C=O) groups excluding carboxylic acids is 1. The topological polar surface area (TPSA) is 58.6 Å². The van der Waals surface area contributed by atoms with Crippen LogP contribution < -0.4 is 9.64 Å². The fourth-order valence-corrected chi connectivity index (χ4v) is 3.75. The van der Waals surface area contributed by atoms with Crippen LogP contribution in [0.3, 0.4) is 0 Å². The zero-order valence-corrected chi connectivity index (χ0v) is 17.4. The number of aromatic nitrogens is 2. The summed E-state index contributed by atoms with van der Waals surface area (Å²) in [7, 11) is 0. The number of piperazine rings is 1. The Morgan fingerprint density at radius 1 is 1.07 bits per heavy atom. The van der Waals surface area contributed by atoms with E-state index >= 15 is 0 Å². The second-order valence-electron chi connectivity index (χ2n) is 7.63. The molecule has 0 aliphatic carbocycles. The van der Waals surface area contributed by atoms with E-state index in [9.17, 15) is 4.79 Å². The van der Waals surface area contributed by atoms with Crippen molar-refractivity contribution in [1.29, 1.82) is 0 Å². The van der Waals surface area contributed by atoms with Gasteiger partial charge in [0, 0.05) is 31.7 Å². The molecule has 6 nitrogen and oxygen atoms in total. The van der Waals surface area contributed by atoms with E-state index in [1.807, 2.05) is 72.5 Å². The van der Waals surface area contributed by atoms with Crippen LogP contribution in [0.15, 0.2) is 67.0 Å². The van der Waals surface area contributed by atoms with Crippen LogP contribution in [-0.2, 0) is 11.2 Å². The number of anilines is 1. The van der Waals surface area contributed by atoms with Crippen molar-refractivity contribution in [2.45, 2.75) is 26.3 Å². The summed E-state index contributed by atoms with van der Waals surface area (Å²) in [4.78, 5) is 25.6. The van der Waals surface area contributed by atoms with Crippen LogP contribution in [0.5, 0.6) is 11.6 Å². The predicted molar refractivity (Wildman–Crippen MR) is 117 cm³/mol. The molecule has 1 atom stereocenters. The number of carbonyl (C=O) groups is 1. The number of hydrogen-bond acceptors (Lipinski definition) is 5. The number of hydrogen-bond donors (Lipinski definition) is 0. The lowest BCUT2D eigenvalue weighted by atomic mass is 10.1. The van der Waals surface area contributed by atoms with Crippen LogP contribution in [0, 0.1) is 6.92 Å². The summed E-state index contributed by atoms with van der Waals surface area (Å²) in [5.41, 5.74) is 2.10. The Labute approximate surface area is 177 Å². The molecule has 1 fully saturated rings. The van der Waals surface area contributed by atoms with Crippen molar-refractivity contribution in [3.63, 3.8) is 0 Å². The first-order valence-corrected chi connectivity index (χ1v) is 10.2. The van der Waals surface area contributed by atoms with Gasteiger partial charge in [0.15, 0.2) is 0 Å². The summed E-state index contributed by atoms with van der Waals surface area (Å²) in [6, 6.07) is 19.7. The quantitative estimate of drug-likeness (QED) is 0.649. The number of rotatable bonds is 5. The zero-order chi connectivity index (χ0) is 20.9. The number of aryl methyl sites for hydroxylation is 1. The molecule has 0 unspecified atom stereocenters. The molecular formula is C24H26N4O2. The average Bonchev–Trinajstić information content (AvgIpc) is 2.76. The Kier molecular flexibility index (Phi) is 5.93. The van der Waals surface area contributed by atoms with Crippen LogP contribution in [0.4, 0.5) is 5.82 Å². The predicted octanol–water partition coefficient (Wildman–Crippen LogP) is 3.86. The zero-order valence-electron chi connectivity index (χ0n) is 17.4. The van der Waals surface area contributed by atoms with Crippen molar-refractivity contribution in [3.05, 3.63) is 78.1 Å². The Hall–Kier alpha value is -3.41. The van der Waals surface area contributed by atoms with Gasteiger partial charge in [0.2, 0.25) is 11.8 Å². The van der Waals surface area contributed by atoms with Gasteiger partial charge in [0.25, 0.3) is 0 Å². The van der Waals surface area contributed by atoms with Crippen LogP contribution >= 0.6 is 0 Å². The Morgan fingerprint density at radius 3 is 2.60 bits per heavy atom. The molecule has 3 aromatic rings. The highest BCUT2D eigenvalue weighted by Gasteiger charge is 2.28. The molecule has 2 heterocycles. The molecule has 0 N–H and O–H groups in total. The third-order valence-electron chi connectivity index (χ3n) is 5.41. The third kappa shape index (κ3) is 4.59. The van der Waals surface area contributed by atoms with Gasteiger partial charge in [-0.15, -0.1) is 0 Å². The van der Waals surface area contributed by atoms with E-state index in [1.54, 1.807) is 0 Å². The van der Waals surface area contributed by atoms with Crippen molar-refractivity contribution in [2.24, 2.45) is 0 Å². The number of ether oxygens (including phenoxy) is 1. The van der Waals surface area contributed by atoms with E-state index < -0.39 is 0 Å². The Bertz CT molecular complexity index is 1010. The summed E-state index contributed by atoms with van der Waals surface area (Å²) in [5, 5.41) is 0. The number of nitrogens with zero attached hydrogens (tertiary/aromatic N) is 4. The maximum atomic E-state index is 12.8. The van der Waals surface area contributed by atoms with Crippen LogP contribution in [0.2, 0.25) is 0 Å². The molecule has 0 bridgehead atoms. The van der Waals surface area contributed by atoms with E-state index in [0.717, 1.165) is 35.8 Å². The molecule has 1 saturated heterocycles. The first-order valence-electron chi connectivity index (χ1n) is 10.2. The number of para-hydroxylation sites is 1. The van der Waals surface area contributed by atoms with Gasteiger partial charge in [-0.3, -0.25) is 4.79 Å². The number of amides is 1. The minimum atomic E-state index is 0.102. The Balaban J connectivity index is 1.41. The van der Waals surface area contributed by atoms with Crippen molar-refractivity contribution < 1.29 is 9.53 Å². The van der Waals surface area contributed by atoms with E-state index in [4.69, 9.17) is 4.74 Å². The molecule has 1 aliphatic heterocycles. The fourth-order valence-electron chi connectivity index (χ4n) is 3.75. The highest BCUT2D eigenvalue weighted by Crippen LogP contribution is 2.26. The molecule has 1 amide bonds. The molecule has 2 aromatic carbocycles. The summed E-state index contributed by atoms with van der Waals surface area (Å²) >= 11 is 0. The van der Waals surface area contributed by atoms with Gasteiger partial charge in [0.1, 0.15) is 17.9 Å². The monoisotopic (exact) mass is 402 g/mol. The molecule has 0 radical (unpaired) electrons. The summed E-state index contributed by atoms with van der Waals surface area (Å²) in [6.45, 7) is 6.21. The second-order valence-corrected chi connectivity index (χ2v) is 7.63. The van der Waals surface area contributed by atoms with E-state index in [0.29, 0.717) is 18.8 Å². The fraction of sp³-hybridized carbons (Fsp3) is 0.292. The average molecular weight is 402 g/mol. The molecular weight excluding hydrogens is 376 g/mol. The van der Waals surface area contributed by atoms with Crippen LogP contribution in [-0.4, -0.2) is 46.5 Å². The van der Waals surface area contributed by atoms with E-state index in [1.165, 1.54) is 6.33 Å². The molecule has 6 heteroatoms. The summed E-state index contributed by atoms with van der Waals surface area (Å²) in [5.74, 6) is 2.28. The Morgan fingerprint density at radius 2 is 1.83 bits per heavy atom. The largest absolute Gasteiger partial charge is 0.439 e. The van der Waals surface area contributed by atoms with Crippen molar-refractivity contribution in [1.82, 2.24) is 14.9 Å². The lowest BCUT2D eigenvalue weighted by molar-refractivity contribution is -0.132. The SMILES string of the molecule is Cc1ccccc1Oc1cc(N2CCN(C(=O)Cc3ccccc3)[C@H](C)C2)ncn1. The molecule has 30 heavy (non-hydrogen) atoms. The van der Waals surface area contributed by atoms with Gasteiger partial charge in [-0.25, -0.2) is 9.97 Å². The van der Waals surface area contributed by atoms with Crippen molar-refractivity contribution >= 4 is 11.7 Å². The highest BCUT2D eigenvalue weighted by atomic mass is 16.5. The third-order valence-corrected chi connectivity index (χ3v) is 5.41. The lowest BCUT2D eigenvalue weighted by Gasteiger charge is -2.40. The van der Waals surface area contributed by atoms with Crippen LogP contribution in [0.1, 0.15) is 18.1 Å². The second kappa shape index (κ2) is 8.95. The molecule has 154 valence electrons. The van der Waals surface area contributed by atoms with Gasteiger partial charge < -0.3 is 14.5 Å². The van der Waals surface area contributed by atoms with Gasteiger partial charge >= 0.3 is 0 Å². The molecule has 0 saturated carbocycles. The van der Waals surface area contributed by atoms with Crippen LogP contribution in [0.25, 0.3) is 0 Å². The normalized spacial score (nSPS) is 16.4. The van der Waals surface area contributed by atoms with E-state index in [-0.39, 0.29) is 11.9 Å². The smallest absolute Gasteiger partial charge is 0.227 e. The standard InChI is InChI=1S/C24H26N4O2/c1-18-8-6-7-11-21(18)30-23-15-22(25-17-26-23)27-12-13-28(19(2)16-27)24(29)14-20-9-4-3-5-10-20/h3-11,15,17,19H,12-14,16H2,1-2H3/t19-/m1/s1. The molecule has 1 aliphatic rings. The first kappa shape index (κ1) is 19.9. The molecule has 0 spiro atoms. The van der Waals surface area contributed by atoms with Gasteiger partial charge in [-0.05, 0) is 31.0 Å². The lowest BCUT2D eigenvalue weighted by Crippen LogP contribution is -2.54. The minimum absolute atomic E-state index is 0.102. The highest BCUT2D eigenvalue weighted by molar-refractivity contribution is 5.79. The maximum absolute atomic E-state index is 12.8. The van der Waals surface area contributed by atoms with Crippen molar-refractivity contribution in [2.75, 3.05) is 24.5 Å². The number of benzene rings is 2. The van der Waals surface area contributed by atoms with Gasteiger partial charge in [-0.1, -0.05) is 48.5 Å². The van der Waals surface area contributed by atoms with Crippen molar-refractivity contribution in [3.8, 4) is 11.6 Å². The van der Waals surface area contributed by atoms with Gasteiger partial charge in [0.05, 0.1) is 6.42 Å². The maximum Gasteiger partial charge on any atom is 0.227 e. The molecule has 1 aromatic heterocycles. The van der Waals surface area contributed by atoms with Gasteiger partial charge in [-0.2, -0.15) is 0 Å².